The minimum absolute atomic E-state index is 1.01. The molecule has 2 aromatic carbocycles. The highest BCUT2D eigenvalue weighted by Gasteiger charge is 2.13. The van der Waals surface area contributed by atoms with Gasteiger partial charge in [-0.3, -0.25) is 0 Å². The Balaban J connectivity index is 2.59. The molecule has 17 heavy (non-hydrogen) atoms. The molecular weight excluding hydrogens is 206 g/mol. The number of rotatable bonds is 1. The van der Waals surface area contributed by atoms with Crippen molar-refractivity contribution in [3.05, 3.63) is 54.2 Å². The predicted molar refractivity (Wildman–Crippen MR) is 72.1 cm³/mol. The Kier molecular flexibility index (Phi) is 2.32. The fraction of sp³-hybridized carbons (Fsp3) is 0.188. The van der Waals surface area contributed by atoms with Gasteiger partial charge in [-0.25, -0.2) is 0 Å². The van der Waals surface area contributed by atoms with E-state index in [1.165, 1.54) is 27.4 Å². The summed E-state index contributed by atoms with van der Waals surface area (Å²) in [4.78, 5) is 0. The van der Waals surface area contributed by atoms with Gasteiger partial charge in [0, 0.05) is 18.4 Å². The van der Waals surface area contributed by atoms with E-state index in [2.05, 4.69) is 66.9 Å². The second kappa shape index (κ2) is 3.85. The van der Waals surface area contributed by atoms with Crippen LogP contribution in [0.25, 0.3) is 21.7 Å². The van der Waals surface area contributed by atoms with E-state index in [4.69, 9.17) is 0 Å². The van der Waals surface area contributed by atoms with Crippen LogP contribution in [0, 0.1) is 6.92 Å². The van der Waals surface area contributed by atoms with Gasteiger partial charge in [-0.05, 0) is 30.5 Å². The number of nitrogens with zero attached hydrogens (tertiary/aromatic N) is 1. The number of hydrogen-bond acceptors (Lipinski definition) is 0. The number of aromatic nitrogens is 1. The summed E-state index contributed by atoms with van der Waals surface area (Å²) in [6.07, 6.45) is 0. The summed E-state index contributed by atoms with van der Waals surface area (Å²) < 4.78 is 2.39. The summed E-state index contributed by atoms with van der Waals surface area (Å²) in [5.74, 6) is 0. The Labute approximate surface area is 101 Å². The predicted octanol–water partition coefficient (Wildman–Crippen LogP) is 3.61. The lowest BCUT2D eigenvalue weighted by atomic mass is 10.1. The van der Waals surface area contributed by atoms with Crippen molar-refractivity contribution in [3.8, 4) is 0 Å². The molecule has 0 amide bonds. The molecule has 0 aliphatic heterocycles. The summed E-state index contributed by atoms with van der Waals surface area (Å²) in [5.41, 5.74) is 2.67. The van der Waals surface area contributed by atoms with E-state index in [0.29, 0.717) is 0 Å². The molecule has 0 N–H and O–H groups in total. The quantitative estimate of drug-likeness (QED) is 0.437. The molecule has 0 aliphatic carbocycles. The Morgan fingerprint density at radius 1 is 0.882 bits per heavy atom. The van der Waals surface area contributed by atoms with E-state index in [1.54, 1.807) is 0 Å². The van der Waals surface area contributed by atoms with Crippen LogP contribution in [-0.2, 0) is 6.54 Å². The standard InChI is InChI=1S/C16H16N/c1-3-17-12(2)8-9-14-11-10-13-6-4-5-7-15(13)16(14)17/h4-11H,3H2,1-2H3/q+1. The molecule has 1 aromatic heterocycles. The van der Waals surface area contributed by atoms with Gasteiger partial charge in [0.1, 0.15) is 6.54 Å². The van der Waals surface area contributed by atoms with Gasteiger partial charge in [-0.2, -0.15) is 4.57 Å². The molecular formula is C16H16N+. The number of pyridine rings is 1. The van der Waals surface area contributed by atoms with Crippen molar-refractivity contribution in [3.63, 3.8) is 0 Å². The number of benzene rings is 2. The van der Waals surface area contributed by atoms with Crippen molar-refractivity contribution in [1.29, 1.82) is 0 Å². The molecule has 0 saturated heterocycles. The lowest BCUT2D eigenvalue weighted by Crippen LogP contribution is -2.36. The molecule has 0 unspecified atom stereocenters. The van der Waals surface area contributed by atoms with Gasteiger partial charge in [0.25, 0.3) is 0 Å². The van der Waals surface area contributed by atoms with Crippen LogP contribution in [-0.4, -0.2) is 0 Å². The molecule has 0 bridgehead atoms. The summed E-state index contributed by atoms with van der Waals surface area (Å²) in [6.45, 7) is 5.39. The van der Waals surface area contributed by atoms with Crippen LogP contribution in [0.4, 0.5) is 0 Å². The molecule has 0 radical (unpaired) electrons. The van der Waals surface area contributed by atoms with Crippen LogP contribution in [0.5, 0.6) is 0 Å². The maximum atomic E-state index is 2.39. The Morgan fingerprint density at radius 3 is 2.41 bits per heavy atom. The van der Waals surface area contributed by atoms with Crippen LogP contribution in [0.2, 0.25) is 0 Å². The minimum Gasteiger partial charge on any atom is -0.196 e. The van der Waals surface area contributed by atoms with Crippen LogP contribution >= 0.6 is 0 Å². The van der Waals surface area contributed by atoms with E-state index >= 15 is 0 Å². The number of aryl methyl sites for hydroxylation is 2. The first-order valence-corrected chi connectivity index (χ1v) is 6.12. The molecule has 3 rings (SSSR count). The van der Waals surface area contributed by atoms with Crippen LogP contribution in [0.15, 0.2) is 48.5 Å². The zero-order valence-corrected chi connectivity index (χ0v) is 10.3. The number of fused-ring (bicyclic) bond motifs is 3. The topological polar surface area (TPSA) is 3.88 Å². The van der Waals surface area contributed by atoms with Gasteiger partial charge in [0.05, 0.1) is 5.39 Å². The van der Waals surface area contributed by atoms with E-state index in [-0.39, 0.29) is 0 Å². The van der Waals surface area contributed by atoms with E-state index in [1.807, 2.05) is 0 Å². The summed E-state index contributed by atoms with van der Waals surface area (Å²) >= 11 is 0. The molecule has 0 fully saturated rings. The fourth-order valence-corrected chi connectivity index (χ4v) is 2.59. The van der Waals surface area contributed by atoms with Gasteiger partial charge in [0.15, 0.2) is 5.69 Å². The van der Waals surface area contributed by atoms with E-state index in [9.17, 15) is 0 Å². The van der Waals surface area contributed by atoms with Crippen LogP contribution in [0.1, 0.15) is 12.6 Å². The van der Waals surface area contributed by atoms with Crippen molar-refractivity contribution in [2.75, 3.05) is 0 Å². The fourth-order valence-electron chi connectivity index (χ4n) is 2.59. The molecule has 1 nitrogen and oxygen atoms in total. The Morgan fingerprint density at radius 2 is 1.59 bits per heavy atom. The lowest BCUT2D eigenvalue weighted by Gasteiger charge is -2.05. The molecule has 0 spiro atoms. The van der Waals surface area contributed by atoms with Crippen molar-refractivity contribution >= 4 is 21.7 Å². The zero-order valence-electron chi connectivity index (χ0n) is 10.3. The minimum atomic E-state index is 1.01. The number of hydrogen-bond donors (Lipinski definition) is 0. The molecule has 1 heteroatoms. The van der Waals surface area contributed by atoms with Crippen molar-refractivity contribution < 1.29 is 4.57 Å². The second-order valence-electron chi connectivity index (χ2n) is 4.44. The van der Waals surface area contributed by atoms with Crippen molar-refractivity contribution in [2.24, 2.45) is 0 Å². The van der Waals surface area contributed by atoms with Crippen molar-refractivity contribution in [1.82, 2.24) is 0 Å². The second-order valence-corrected chi connectivity index (χ2v) is 4.44. The normalized spacial score (nSPS) is 11.2. The summed E-state index contributed by atoms with van der Waals surface area (Å²) in [5, 5.41) is 3.97. The molecule has 0 saturated carbocycles. The largest absolute Gasteiger partial charge is 0.220 e. The first-order chi connectivity index (χ1) is 8.31. The summed E-state index contributed by atoms with van der Waals surface area (Å²) in [7, 11) is 0. The monoisotopic (exact) mass is 222 g/mol. The van der Waals surface area contributed by atoms with Gasteiger partial charge < -0.3 is 0 Å². The Hall–Kier alpha value is -1.89. The highest BCUT2D eigenvalue weighted by Crippen LogP contribution is 2.22. The summed E-state index contributed by atoms with van der Waals surface area (Å²) in [6, 6.07) is 17.4. The van der Waals surface area contributed by atoms with Crippen LogP contribution in [0.3, 0.4) is 0 Å². The third-order valence-electron chi connectivity index (χ3n) is 3.45. The van der Waals surface area contributed by atoms with Crippen LogP contribution < -0.4 is 4.57 Å². The average Bonchev–Trinajstić information content (AvgIpc) is 2.38. The Bertz CT molecular complexity index is 698. The third-order valence-corrected chi connectivity index (χ3v) is 3.45. The first kappa shape index (κ1) is 10.3. The van der Waals surface area contributed by atoms with E-state index in [0.717, 1.165) is 6.54 Å². The van der Waals surface area contributed by atoms with E-state index < -0.39 is 0 Å². The molecule has 3 aromatic rings. The van der Waals surface area contributed by atoms with Gasteiger partial charge in [-0.1, -0.05) is 24.3 Å². The SMILES string of the molecule is CC[n+]1c(C)ccc2ccc3ccccc3c21. The smallest absolute Gasteiger partial charge is 0.196 e. The van der Waals surface area contributed by atoms with Gasteiger partial charge in [-0.15, -0.1) is 0 Å². The highest BCUT2D eigenvalue weighted by molar-refractivity contribution is 6.03. The van der Waals surface area contributed by atoms with Gasteiger partial charge in [0.2, 0.25) is 5.52 Å². The maximum Gasteiger partial charge on any atom is 0.220 e. The van der Waals surface area contributed by atoms with Gasteiger partial charge >= 0.3 is 0 Å². The first-order valence-electron chi connectivity index (χ1n) is 6.12. The lowest BCUT2D eigenvalue weighted by molar-refractivity contribution is -0.673. The highest BCUT2D eigenvalue weighted by atomic mass is 15.0. The average molecular weight is 222 g/mol. The molecule has 1 heterocycles. The maximum absolute atomic E-state index is 2.39. The molecule has 0 aliphatic rings. The zero-order chi connectivity index (χ0) is 11.8. The van der Waals surface area contributed by atoms with Crippen molar-refractivity contribution in [2.45, 2.75) is 20.4 Å². The molecule has 84 valence electrons. The third kappa shape index (κ3) is 1.50. The molecule has 0 atom stereocenters.